The third-order valence-corrected chi connectivity index (χ3v) is 5.29. The molecule has 8 heteroatoms. The minimum absolute atomic E-state index is 0.634. The molecule has 0 fully saturated rings. The van der Waals surface area contributed by atoms with Crippen LogP contribution in [-0.4, -0.2) is 45.5 Å². The Kier molecular flexibility index (Phi) is 5.26. The van der Waals surface area contributed by atoms with E-state index in [-0.39, 0.29) is 0 Å². The highest BCUT2D eigenvalue weighted by Gasteiger charge is 2.11. The van der Waals surface area contributed by atoms with Crippen molar-refractivity contribution in [3.63, 3.8) is 0 Å². The molecule has 3 aromatic heterocycles. The van der Waals surface area contributed by atoms with Gasteiger partial charge in [-0.15, -0.1) is 0 Å². The largest absolute Gasteiger partial charge is 0.493 e. The van der Waals surface area contributed by atoms with Crippen LogP contribution in [0.2, 0.25) is 0 Å². The summed E-state index contributed by atoms with van der Waals surface area (Å²) in [5.41, 5.74) is 4.99. The number of hydrogen-bond acceptors (Lipinski definition) is 6. The first kappa shape index (κ1) is 17.8. The molecular formula is C19H21N5O2S. The predicted octanol–water partition coefficient (Wildman–Crippen LogP) is 3.85. The van der Waals surface area contributed by atoms with Crippen LogP contribution >= 0.6 is 11.8 Å². The number of pyridine rings is 1. The molecule has 1 aromatic carbocycles. The van der Waals surface area contributed by atoms with Gasteiger partial charge in [0.05, 0.1) is 29.5 Å². The van der Waals surface area contributed by atoms with Crippen molar-refractivity contribution in [2.75, 3.05) is 20.3 Å². The summed E-state index contributed by atoms with van der Waals surface area (Å²) in [7, 11) is 1.70. The van der Waals surface area contributed by atoms with Gasteiger partial charge in [-0.1, -0.05) is 11.8 Å². The number of nitrogens with zero attached hydrogens (tertiary/aromatic N) is 3. The molecule has 7 nitrogen and oxygen atoms in total. The number of ether oxygens (including phenoxy) is 2. The van der Waals surface area contributed by atoms with E-state index in [0.717, 1.165) is 56.3 Å². The van der Waals surface area contributed by atoms with Gasteiger partial charge in [0, 0.05) is 43.0 Å². The molecule has 0 radical (unpaired) electrons. The lowest BCUT2D eigenvalue weighted by atomic mass is 10.2. The second-order valence-electron chi connectivity index (χ2n) is 6.20. The second kappa shape index (κ2) is 7.98. The summed E-state index contributed by atoms with van der Waals surface area (Å²) in [5.74, 6) is 1.59. The Hall–Kier alpha value is -2.58. The Balaban J connectivity index is 1.47. The van der Waals surface area contributed by atoms with Crippen molar-refractivity contribution in [2.45, 2.75) is 24.3 Å². The Morgan fingerprint density at radius 2 is 2.04 bits per heavy atom. The Bertz CT molecular complexity index is 1060. The number of hydrogen-bond donors (Lipinski definition) is 2. The average molecular weight is 383 g/mol. The zero-order chi connectivity index (χ0) is 18.6. The van der Waals surface area contributed by atoms with Gasteiger partial charge >= 0.3 is 0 Å². The van der Waals surface area contributed by atoms with Crippen LogP contribution in [0.15, 0.2) is 35.7 Å². The van der Waals surface area contributed by atoms with E-state index >= 15 is 0 Å². The molecule has 0 saturated heterocycles. The Morgan fingerprint density at radius 1 is 1.15 bits per heavy atom. The van der Waals surface area contributed by atoms with Gasteiger partial charge in [0.1, 0.15) is 11.3 Å². The average Bonchev–Trinajstić information content (AvgIpc) is 3.31. The molecule has 0 aliphatic rings. The zero-order valence-corrected chi connectivity index (χ0v) is 16.1. The zero-order valence-electron chi connectivity index (χ0n) is 15.3. The lowest BCUT2D eigenvalue weighted by molar-refractivity contribution is 0.172. The van der Waals surface area contributed by atoms with Crippen molar-refractivity contribution in [1.82, 2.24) is 25.1 Å². The van der Waals surface area contributed by atoms with Crippen LogP contribution in [-0.2, 0) is 10.5 Å². The highest BCUT2D eigenvalue weighted by Crippen LogP contribution is 2.29. The topological polar surface area (TPSA) is 88.7 Å². The highest BCUT2D eigenvalue weighted by molar-refractivity contribution is 7.98. The van der Waals surface area contributed by atoms with Gasteiger partial charge < -0.3 is 14.5 Å². The quantitative estimate of drug-likeness (QED) is 0.355. The lowest BCUT2D eigenvalue weighted by Crippen LogP contribution is -2.04. The number of nitrogens with one attached hydrogen (secondary N) is 2. The molecule has 0 aliphatic carbocycles. The standard InChI is InChI=1S/C19H21N5O2S/c1-12-16(20-7-6-17(12)26-9-3-8-25-2)11-27-19-22-15-5-4-14-13(10-21-24-14)18(15)23-19/h4-7,10H,3,8-9,11H2,1-2H3,(H,21,24)(H,22,23). The van der Waals surface area contributed by atoms with Gasteiger partial charge in [0.15, 0.2) is 5.16 Å². The fourth-order valence-electron chi connectivity index (χ4n) is 2.92. The molecule has 2 N–H and O–H groups in total. The molecule has 0 aliphatic heterocycles. The molecule has 4 rings (SSSR count). The lowest BCUT2D eigenvalue weighted by Gasteiger charge is -2.11. The first-order chi connectivity index (χ1) is 13.3. The van der Waals surface area contributed by atoms with Gasteiger partial charge in [-0.25, -0.2) is 4.98 Å². The molecule has 0 unspecified atom stereocenters. The van der Waals surface area contributed by atoms with E-state index in [4.69, 9.17) is 14.5 Å². The Morgan fingerprint density at radius 3 is 2.93 bits per heavy atom. The van der Waals surface area contributed by atoms with Gasteiger partial charge in [0.2, 0.25) is 0 Å². The van der Waals surface area contributed by atoms with Crippen molar-refractivity contribution >= 4 is 33.7 Å². The smallest absolute Gasteiger partial charge is 0.166 e. The van der Waals surface area contributed by atoms with Crippen LogP contribution in [0, 0.1) is 6.92 Å². The van der Waals surface area contributed by atoms with E-state index in [1.807, 2.05) is 31.3 Å². The van der Waals surface area contributed by atoms with Gasteiger partial charge in [0.25, 0.3) is 0 Å². The molecule has 0 bridgehead atoms. The fraction of sp³-hybridized carbons (Fsp3) is 0.316. The van der Waals surface area contributed by atoms with Crippen LogP contribution in [0.5, 0.6) is 5.75 Å². The molecule has 3 heterocycles. The molecule has 4 aromatic rings. The summed E-state index contributed by atoms with van der Waals surface area (Å²) in [6.07, 6.45) is 4.47. The number of methoxy groups -OCH3 is 1. The van der Waals surface area contributed by atoms with E-state index in [9.17, 15) is 0 Å². The minimum atomic E-state index is 0.634. The summed E-state index contributed by atoms with van der Waals surface area (Å²) in [5, 5.41) is 8.96. The second-order valence-corrected chi connectivity index (χ2v) is 7.16. The van der Waals surface area contributed by atoms with E-state index < -0.39 is 0 Å². The van der Waals surface area contributed by atoms with Crippen LogP contribution < -0.4 is 4.74 Å². The van der Waals surface area contributed by atoms with E-state index in [1.54, 1.807) is 25.1 Å². The number of H-pyrrole nitrogens is 2. The summed E-state index contributed by atoms with van der Waals surface area (Å²) in [4.78, 5) is 12.6. The molecular weight excluding hydrogens is 362 g/mol. The number of fused-ring (bicyclic) bond motifs is 3. The SMILES string of the molecule is COCCCOc1ccnc(CSc2nc3c(ccc4[nH]ncc43)[nH]2)c1C. The normalized spacial score (nSPS) is 11.5. The summed E-state index contributed by atoms with van der Waals surface area (Å²) >= 11 is 1.63. The number of imidazole rings is 1. The van der Waals surface area contributed by atoms with Crippen LogP contribution in [0.1, 0.15) is 17.7 Å². The summed E-state index contributed by atoms with van der Waals surface area (Å²) in [6, 6.07) is 5.94. The molecule has 27 heavy (non-hydrogen) atoms. The summed E-state index contributed by atoms with van der Waals surface area (Å²) < 4.78 is 10.9. The van der Waals surface area contributed by atoms with E-state index in [0.29, 0.717) is 13.2 Å². The maximum atomic E-state index is 5.86. The maximum Gasteiger partial charge on any atom is 0.166 e. The van der Waals surface area contributed by atoms with E-state index in [1.165, 1.54) is 0 Å². The van der Waals surface area contributed by atoms with Gasteiger partial charge in [-0.05, 0) is 25.1 Å². The third kappa shape index (κ3) is 3.77. The van der Waals surface area contributed by atoms with Crippen LogP contribution in [0.25, 0.3) is 21.9 Å². The molecule has 0 amide bonds. The number of aromatic amines is 2. The molecule has 140 valence electrons. The summed E-state index contributed by atoms with van der Waals surface area (Å²) in [6.45, 7) is 3.38. The van der Waals surface area contributed by atoms with Crippen LogP contribution in [0.3, 0.4) is 0 Å². The van der Waals surface area contributed by atoms with Crippen molar-refractivity contribution in [3.05, 3.63) is 41.9 Å². The monoisotopic (exact) mass is 383 g/mol. The van der Waals surface area contributed by atoms with E-state index in [2.05, 4.69) is 20.2 Å². The number of rotatable bonds is 8. The number of thioether (sulfide) groups is 1. The minimum Gasteiger partial charge on any atom is -0.493 e. The van der Waals surface area contributed by atoms with Crippen molar-refractivity contribution in [3.8, 4) is 5.75 Å². The third-order valence-electron chi connectivity index (χ3n) is 4.41. The molecule has 0 spiro atoms. The van der Waals surface area contributed by atoms with Crippen molar-refractivity contribution in [2.24, 2.45) is 0 Å². The highest BCUT2D eigenvalue weighted by atomic mass is 32.2. The fourth-order valence-corrected chi connectivity index (χ4v) is 3.82. The molecule has 0 atom stereocenters. The Labute approximate surface area is 160 Å². The van der Waals surface area contributed by atoms with Crippen LogP contribution in [0.4, 0.5) is 0 Å². The predicted molar refractivity (Wildman–Crippen MR) is 106 cm³/mol. The van der Waals surface area contributed by atoms with Gasteiger partial charge in [-0.2, -0.15) is 5.10 Å². The number of benzene rings is 1. The van der Waals surface area contributed by atoms with Crippen molar-refractivity contribution in [1.29, 1.82) is 0 Å². The number of aromatic nitrogens is 5. The first-order valence-corrected chi connectivity index (χ1v) is 9.75. The molecule has 0 saturated carbocycles. The van der Waals surface area contributed by atoms with Gasteiger partial charge in [-0.3, -0.25) is 10.1 Å². The maximum absolute atomic E-state index is 5.86. The van der Waals surface area contributed by atoms with Crippen molar-refractivity contribution < 1.29 is 9.47 Å². The first-order valence-electron chi connectivity index (χ1n) is 8.77.